The molecular weight excluding hydrogens is 709 g/mol. The van der Waals surface area contributed by atoms with Gasteiger partial charge in [0.25, 0.3) is 0 Å². The Morgan fingerprint density at radius 2 is 0.789 bits per heavy atom. The highest BCUT2D eigenvalue weighted by molar-refractivity contribution is 5.71. The zero-order valence-electron chi connectivity index (χ0n) is 36.6. The molecule has 0 spiro atoms. The zero-order chi connectivity index (χ0) is 41.5. The van der Waals surface area contributed by atoms with Crippen molar-refractivity contribution >= 4 is 17.9 Å². The number of hydrogen-bond donors (Lipinski definition) is 0. The maximum Gasteiger partial charge on any atom is 0.306 e. The summed E-state index contributed by atoms with van der Waals surface area (Å²) in [6.45, 7) is 6.31. The first kappa shape index (κ1) is 53.3. The molecule has 322 valence electrons. The van der Waals surface area contributed by atoms with Crippen molar-refractivity contribution in [2.45, 2.75) is 194 Å². The average Bonchev–Trinajstić information content (AvgIpc) is 3.21. The van der Waals surface area contributed by atoms with Gasteiger partial charge < -0.3 is 14.2 Å². The zero-order valence-corrected chi connectivity index (χ0v) is 36.6. The highest BCUT2D eigenvalue weighted by atomic mass is 16.6. The minimum absolute atomic E-state index is 0.106. The van der Waals surface area contributed by atoms with Crippen molar-refractivity contribution in [3.05, 3.63) is 97.2 Å². The number of carbonyl (C=O) groups excluding carboxylic acids is 3. The van der Waals surface area contributed by atoms with E-state index in [1.54, 1.807) is 0 Å². The molecule has 0 N–H and O–H groups in total. The lowest BCUT2D eigenvalue weighted by molar-refractivity contribution is -0.167. The predicted octanol–water partition coefficient (Wildman–Crippen LogP) is 14.6. The molecule has 0 amide bonds. The molecule has 6 nitrogen and oxygen atoms in total. The average molecular weight is 791 g/mol. The second-order valence-corrected chi connectivity index (χ2v) is 14.7. The van der Waals surface area contributed by atoms with Crippen LogP contribution in [0.3, 0.4) is 0 Å². The van der Waals surface area contributed by atoms with Gasteiger partial charge in [0, 0.05) is 19.3 Å². The van der Waals surface area contributed by atoms with E-state index in [4.69, 9.17) is 14.2 Å². The van der Waals surface area contributed by atoms with E-state index in [1.807, 2.05) is 36.5 Å². The number of rotatable bonds is 39. The molecule has 57 heavy (non-hydrogen) atoms. The van der Waals surface area contributed by atoms with Crippen LogP contribution >= 0.6 is 0 Å². The topological polar surface area (TPSA) is 78.9 Å². The van der Waals surface area contributed by atoms with Crippen molar-refractivity contribution in [1.82, 2.24) is 0 Å². The van der Waals surface area contributed by atoms with E-state index >= 15 is 0 Å². The van der Waals surface area contributed by atoms with Crippen molar-refractivity contribution in [2.24, 2.45) is 0 Å². The molecule has 0 radical (unpaired) electrons. The lowest BCUT2D eigenvalue weighted by atomic mass is 10.1. The molecule has 0 aliphatic carbocycles. The van der Waals surface area contributed by atoms with E-state index in [2.05, 4.69) is 81.5 Å². The molecule has 1 unspecified atom stereocenters. The lowest BCUT2D eigenvalue weighted by Crippen LogP contribution is -2.30. The summed E-state index contributed by atoms with van der Waals surface area (Å²) in [6, 6.07) is 0. The molecule has 0 fully saturated rings. The van der Waals surface area contributed by atoms with Gasteiger partial charge in [0.05, 0.1) is 0 Å². The molecule has 0 aromatic carbocycles. The van der Waals surface area contributed by atoms with E-state index in [9.17, 15) is 14.4 Å². The molecule has 0 rings (SSSR count). The summed E-state index contributed by atoms with van der Waals surface area (Å²) in [5, 5.41) is 0. The molecule has 0 aromatic heterocycles. The van der Waals surface area contributed by atoms with Gasteiger partial charge in [-0.05, 0) is 89.9 Å². The van der Waals surface area contributed by atoms with E-state index in [1.165, 1.54) is 38.5 Å². The van der Waals surface area contributed by atoms with Crippen LogP contribution in [0.5, 0.6) is 0 Å². The van der Waals surface area contributed by atoms with Crippen LogP contribution < -0.4 is 0 Å². The third-order valence-electron chi connectivity index (χ3n) is 9.15. The summed E-state index contributed by atoms with van der Waals surface area (Å²) in [6.07, 6.45) is 58.2. The second-order valence-electron chi connectivity index (χ2n) is 14.7. The largest absolute Gasteiger partial charge is 0.462 e. The van der Waals surface area contributed by atoms with E-state index in [0.29, 0.717) is 19.3 Å². The van der Waals surface area contributed by atoms with Crippen molar-refractivity contribution in [1.29, 1.82) is 0 Å². The minimum Gasteiger partial charge on any atom is -0.462 e. The van der Waals surface area contributed by atoms with Crippen LogP contribution in [0.4, 0.5) is 0 Å². The first-order chi connectivity index (χ1) is 28.0. The van der Waals surface area contributed by atoms with Gasteiger partial charge in [-0.15, -0.1) is 0 Å². The van der Waals surface area contributed by atoms with Gasteiger partial charge in [-0.1, -0.05) is 176 Å². The highest BCUT2D eigenvalue weighted by Gasteiger charge is 2.19. The van der Waals surface area contributed by atoms with E-state index < -0.39 is 6.10 Å². The molecule has 0 bridgehead atoms. The number of allylic oxidation sites excluding steroid dienone is 16. The Bertz CT molecular complexity index is 1180. The molecule has 0 aliphatic rings. The van der Waals surface area contributed by atoms with Gasteiger partial charge in [-0.2, -0.15) is 0 Å². The summed E-state index contributed by atoms with van der Waals surface area (Å²) in [5.74, 6) is -0.987. The summed E-state index contributed by atoms with van der Waals surface area (Å²) in [7, 11) is 0. The van der Waals surface area contributed by atoms with E-state index in [-0.39, 0.29) is 31.1 Å². The number of ether oxygens (including phenoxy) is 3. The van der Waals surface area contributed by atoms with Crippen molar-refractivity contribution < 1.29 is 28.6 Å². The molecular formula is C51H82O6. The molecule has 0 heterocycles. The standard InChI is InChI=1S/C51H82O6/c1-4-7-10-13-16-19-21-23-24-25-26-27-28-30-32-35-38-41-44-50(53)56-47-48(46-55-49(52)43-40-37-34-31-18-15-12-9-6-3)57-51(54)45-42-39-36-33-29-22-20-17-14-11-8-5-2/h9-10,12-13,16-21,23-27,31,48H,4-8,11,14-15,22,28-30,32-47H2,1-3H3/b12-9-,13-10-,19-16-,20-17-,23-21-,25-24-,27-26-,31-18-. The Labute approximate surface area is 349 Å². The molecule has 6 heteroatoms. The van der Waals surface area contributed by atoms with Gasteiger partial charge in [-0.25, -0.2) is 0 Å². The van der Waals surface area contributed by atoms with Crippen LogP contribution in [-0.4, -0.2) is 37.2 Å². The van der Waals surface area contributed by atoms with Crippen LogP contribution in [0.1, 0.15) is 188 Å². The Morgan fingerprint density at radius 1 is 0.386 bits per heavy atom. The number of unbranched alkanes of at least 4 members (excludes halogenated alkanes) is 16. The SMILES string of the molecule is CC/C=C\C/C=C\CCCCC(=O)OCC(COC(=O)CCCCCCC\C=C/C=C\C=C/C=C\C=C/CCC)OC(=O)CCCCCCC/C=C\CCCCC. The van der Waals surface area contributed by atoms with E-state index in [0.717, 1.165) is 109 Å². The third kappa shape index (κ3) is 43.3. The summed E-state index contributed by atoms with van der Waals surface area (Å²) in [5.41, 5.74) is 0. The Balaban J connectivity index is 4.45. The first-order valence-corrected chi connectivity index (χ1v) is 22.8. The number of hydrogen-bond acceptors (Lipinski definition) is 6. The van der Waals surface area contributed by atoms with Gasteiger partial charge in [0.1, 0.15) is 13.2 Å². The van der Waals surface area contributed by atoms with Crippen LogP contribution in [-0.2, 0) is 28.6 Å². The fourth-order valence-corrected chi connectivity index (χ4v) is 5.74. The quantitative estimate of drug-likeness (QED) is 0.0203. The van der Waals surface area contributed by atoms with Crippen molar-refractivity contribution in [3.8, 4) is 0 Å². The molecule has 0 aliphatic heterocycles. The Hall–Kier alpha value is -3.67. The minimum atomic E-state index is -0.804. The van der Waals surface area contributed by atoms with Crippen LogP contribution in [0.2, 0.25) is 0 Å². The summed E-state index contributed by atoms with van der Waals surface area (Å²) < 4.78 is 16.6. The fourth-order valence-electron chi connectivity index (χ4n) is 5.74. The van der Waals surface area contributed by atoms with Gasteiger partial charge in [-0.3, -0.25) is 14.4 Å². The Kier molecular flexibility index (Phi) is 42.1. The predicted molar refractivity (Wildman–Crippen MR) is 242 cm³/mol. The normalized spacial score (nSPS) is 13.0. The number of carbonyl (C=O) groups is 3. The maximum atomic E-state index is 12.7. The van der Waals surface area contributed by atoms with Gasteiger partial charge in [0.15, 0.2) is 6.10 Å². The Morgan fingerprint density at radius 3 is 1.33 bits per heavy atom. The summed E-state index contributed by atoms with van der Waals surface area (Å²) >= 11 is 0. The molecule has 0 aromatic rings. The van der Waals surface area contributed by atoms with Crippen molar-refractivity contribution in [2.75, 3.05) is 13.2 Å². The monoisotopic (exact) mass is 791 g/mol. The van der Waals surface area contributed by atoms with Crippen LogP contribution in [0.25, 0.3) is 0 Å². The van der Waals surface area contributed by atoms with Crippen LogP contribution in [0, 0.1) is 0 Å². The van der Waals surface area contributed by atoms with Gasteiger partial charge >= 0.3 is 17.9 Å². The summed E-state index contributed by atoms with van der Waals surface area (Å²) in [4.78, 5) is 37.7. The van der Waals surface area contributed by atoms with Gasteiger partial charge in [0.2, 0.25) is 0 Å². The molecule has 0 saturated heterocycles. The fraction of sp³-hybridized carbons (Fsp3) is 0.627. The third-order valence-corrected chi connectivity index (χ3v) is 9.15. The first-order valence-electron chi connectivity index (χ1n) is 22.8. The highest BCUT2D eigenvalue weighted by Crippen LogP contribution is 2.12. The lowest BCUT2D eigenvalue weighted by Gasteiger charge is -2.18. The maximum absolute atomic E-state index is 12.7. The number of esters is 3. The molecule has 0 saturated carbocycles. The smallest absolute Gasteiger partial charge is 0.306 e. The van der Waals surface area contributed by atoms with Crippen LogP contribution in [0.15, 0.2) is 97.2 Å². The van der Waals surface area contributed by atoms with Crippen molar-refractivity contribution in [3.63, 3.8) is 0 Å². The molecule has 1 atom stereocenters. The second kappa shape index (κ2) is 45.0.